The zero-order valence-corrected chi connectivity index (χ0v) is 26.9. The Morgan fingerprint density at radius 3 is 1.92 bits per heavy atom. The Morgan fingerprint density at radius 2 is 1.44 bits per heavy atom. The summed E-state index contributed by atoms with van der Waals surface area (Å²) >= 11 is 3.95. The van der Waals surface area contributed by atoms with Crippen molar-refractivity contribution >= 4 is 60.0 Å². The first kappa shape index (κ1) is 37.7. The third-order valence-electron chi connectivity index (χ3n) is 7.99. The van der Waals surface area contributed by atoms with E-state index in [0.29, 0.717) is 25.0 Å². The van der Waals surface area contributed by atoms with Crippen LogP contribution in [0.2, 0.25) is 0 Å². The fourth-order valence-corrected chi connectivity index (χ4v) is 5.59. The van der Waals surface area contributed by atoms with Gasteiger partial charge >= 0.3 is 11.9 Å². The van der Waals surface area contributed by atoms with Crippen molar-refractivity contribution in [3.63, 3.8) is 0 Å². The van der Waals surface area contributed by atoms with Gasteiger partial charge < -0.3 is 52.0 Å². The first-order valence-corrected chi connectivity index (χ1v) is 16.0. The molecular formula is C28H41N9O10S. The molecule has 1 aromatic heterocycles. The van der Waals surface area contributed by atoms with E-state index in [1.165, 1.54) is 22.3 Å². The number of aromatic nitrogens is 2. The highest BCUT2D eigenvalue weighted by atomic mass is 32.1. The topological polar surface area (TPSA) is 286 Å². The van der Waals surface area contributed by atoms with Gasteiger partial charge in [-0.3, -0.25) is 33.6 Å². The summed E-state index contributed by atoms with van der Waals surface area (Å²) in [5.74, 6) is -6.35. The summed E-state index contributed by atoms with van der Waals surface area (Å²) in [5.41, 5.74) is 6.11. The Hall–Kier alpha value is -4.72. The van der Waals surface area contributed by atoms with Crippen LogP contribution in [-0.4, -0.2) is 140 Å². The molecule has 3 heterocycles. The quantitative estimate of drug-likeness (QED) is 0.0713. The van der Waals surface area contributed by atoms with E-state index in [2.05, 4.69) is 43.9 Å². The summed E-state index contributed by atoms with van der Waals surface area (Å²) in [6.07, 6.45) is 3.48. The van der Waals surface area contributed by atoms with Gasteiger partial charge in [-0.2, -0.15) is 12.6 Å². The Bertz CT molecular complexity index is 1360. The smallest absolute Gasteiger partial charge is 0.326 e. The van der Waals surface area contributed by atoms with Gasteiger partial charge in [0.15, 0.2) is 0 Å². The molecule has 2 saturated heterocycles. The largest absolute Gasteiger partial charge is 0.481 e. The number of nitrogens with two attached hydrogens (primary N) is 1. The van der Waals surface area contributed by atoms with E-state index in [1.807, 2.05) is 0 Å². The maximum Gasteiger partial charge on any atom is 0.326 e. The molecule has 0 bridgehead atoms. The van der Waals surface area contributed by atoms with Crippen molar-refractivity contribution in [3.05, 3.63) is 18.2 Å². The van der Waals surface area contributed by atoms with Gasteiger partial charge in [-0.25, -0.2) is 9.78 Å². The Kier molecular flexibility index (Phi) is 14.1. The second-order valence-electron chi connectivity index (χ2n) is 11.4. The molecule has 2 aliphatic heterocycles. The Labute approximate surface area is 280 Å². The number of likely N-dealkylation sites (tertiary alicyclic amines) is 2. The summed E-state index contributed by atoms with van der Waals surface area (Å²) < 4.78 is 0. The molecule has 0 aromatic carbocycles. The van der Waals surface area contributed by atoms with E-state index in [-0.39, 0.29) is 44.6 Å². The first-order valence-electron chi connectivity index (χ1n) is 15.4. The molecular weight excluding hydrogens is 654 g/mol. The van der Waals surface area contributed by atoms with Crippen LogP contribution in [0.5, 0.6) is 0 Å². The van der Waals surface area contributed by atoms with E-state index in [0.717, 1.165) is 0 Å². The number of nitrogens with zero attached hydrogens (tertiary/aromatic N) is 3. The van der Waals surface area contributed by atoms with E-state index in [4.69, 9.17) is 10.8 Å². The second-order valence-corrected chi connectivity index (χ2v) is 11.8. The molecule has 48 heavy (non-hydrogen) atoms. The van der Waals surface area contributed by atoms with E-state index < -0.39 is 90.6 Å². The molecule has 6 amide bonds. The van der Waals surface area contributed by atoms with Gasteiger partial charge in [0.25, 0.3) is 0 Å². The molecule has 2 fully saturated rings. The SMILES string of the molecule is N[C@@H](CS)C(=O)NCC(=O)N1CCC[C@H]1C(=O)N[C@@H](Cc1cnc[nH]1)C(=O)NCC(=O)N1CCC[C@H]1C(=O)N[C@@H](CCC(=O)O)C(=O)O. The van der Waals surface area contributed by atoms with Gasteiger partial charge in [-0.05, 0) is 32.1 Å². The van der Waals surface area contributed by atoms with Gasteiger partial charge in [-0.15, -0.1) is 0 Å². The third-order valence-corrected chi connectivity index (χ3v) is 8.38. The summed E-state index contributed by atoms with van der Waals surface area (Å²) in [7, 11) is 0. The van der Waals surface area contributed by atoms with Crippen LogP contribution < -0.4 is 27.0 Å². The third kappa shape index (κ3) is 10.7. The molecule has 0 aliphatic carbocycles. The highest BCUT2D eigenvalue weighted by Gasteiger charge is 2.38. The van der Waals surface area contributed by atoms with E-state index in [9.17, 15) is 43.5 Å². The van der Waals surface area contributed by atoms with Crippen molar-refractivity contribution < 1.29 is 48.6 Å². The lowest BCUT2D eigenvalue weighted by Gasteiger charge is -2.27. The molecule has 2 aliphatic rings. The number of carbonyl (C=O) groups excluding carboxylic acids is 6. The lowest BCUT2D eigenvalue weighted by atomic mass is 10.1. The molecule has 5 atom stereocenters. The molecule has 20 heteroatoms. The highest BCUT2D eigenvalue weighted by molar-refractivity contribution is 7.80. The number of carboxylic acids is 2. The predicted molar refractivity (Wildman–Crippen MR) is 168 cm³/mol. The van der Waals surface area contributed by atoms with Gasteiger partial charge in [0.05, 0.1) is 25.5 Å². The number of thiol groups is 1. The number of aliphatic carboxylic acids is 2. The summed E-state index contributed by atoms with van der Waals surface area (Å²) in [5, 5.41) is 28.1. The second kappa shape index (κ2) is 18.0. The van der Waals surface area contributed by atoms with Gasteiger partial charge in [0.2, 0.25) is 35.4 Å². The van der Waals surface area contributed by atoms with Crippen LogP contribution in [0.3, 0.4) is 0 Å². The fraction of sp³-hybridized carbons (Fsp3) is 0.607. The summed E-state index contributed by atoms with van der Waals surface area (Å²) in [6, 6.07) is -5.49. The maximum atomic E-state index is 13.4. The predicted octanol–water partition coefficient (Wildman–Crippen LogP) is -3.66. The van der Waals surface area contributed by atoms with Crippen molar-refractivity contribution in [3.8, 4) is 0 Å². The molecule has 1 aromatic rings. The van der Waals surface area contributed by atoms with Crippen molar-refractivity contribution in [1.82, 2.24) is 41.0 Å². The Morgan fingerprint density at radius 1 is 0.896 bits per heavy atom. The number of imidazole rings is 1. The summed E-state index contributed by atoms with van der Waals surface area (Å²) in [4.78, 5) is 109. The number of nitrogens with one attached hydrogen (secondary N) is 5. The fourth-order valence-electron chi connectivity index (χ4n) is 5.43. The van der Waals surface area contributed by atoms with Crippen molar-refractivity contribution in [2.45, 2.75) is 75.2 Å². The van der Waals surface area contributed by atoms with Crippen LogP contribution in [-0.2, 0) is 44.8 Å². The minimum atomic E-state index is -1.46. The van der Waals surface area contributed by atoms with Crippen LogP contribution in [0.25, 0.3) is 0 Å². The van der Waals surface area contributed by atoms with Crippen LogP contribution >= 0.6 is 12.6 Å². The van der Waals surface area contributed by atoms with Crippen molar-refractivity contribution in [2.24, 2.45) is 5.73 Å². The standard InChI is InChI=1S/C28H41N9O10S/c29-16(13-48)24(42)31-11-21(38)37-8-2-4-20(37)27(45)35-18(9-15-10-30-14-33-15)25(43)32-12-22(39)36-7-1-3-19(36)26(44)34-17(28(46)47)5-6-23(40)41/h10,14,16-20,48H,1-9,11-13,29H2,(H,30,33)(H,31,42)(H,32,43)(H,34,44)(H,35,45)(H,40,41)(H,46,47)/t16-,17-,18-,19-,20-/m0/s1. The van der Waals surface area contributed by atoms with Crippen LogP contribution in [0, 0.1) is 0 Å². The number of H-pyrrole nitrogens is 1. The molecule has 19 nitrogen and oxygen atoms in total. The number of hydrogen-bond acceptors (Lipinski definition) is 11. The summed E-state index contributed by atoms with van der Waals surface area (Å²) in [6.45, 7) is -0.490. The number of aromatic amines is 1. The number of carbonyl (C=O) groups is 8. The zero-order chi connectivity index (χ0) is 35.4. The zero-order valence-electron chi connectivity index (χ0n) is 26.1. The molecule has 3 rings (SSSR count). The number of amides is 6. The Balaban J connectivity index is 1.61. The van der Waals surface area contributed by atoms with Crippen molar-refractivity contribution in [1.29, 1.82) is 0 Å². The number of rotatable bonds is 17. The van der Waals surface area contributed by atoms with Gasteiger partial charge in [0, 0.05) is 43.6 Å². The molecule has 0 radical (unpaired) electrons. The van der Waals surface area contributed by atoms with Gasteiger partial charge in [0.1, 0.15) is 24.2 Å². The number of carboxylic acid groups (broad SMARTS) is 2. The average Bonchev–Trinajstić information content (AvgIpc) is 3.85. The van der Waals surface area contributed by atoms with Crippen LogP contribution in [0.15, 0.2) is 12.5 Å². The maximum absolute atomic E-state index is 13.4. The minimum Gasteiger partial charge on any atom is -0.481 e. The molecule has 0 saturated carbocycles. The first-order chi connectivity index (χ1) is 22.8. The monoisotopic (exact) mass is 695 g/mol. The number of hydrogen-bond donors (Lipinski definition) is 9. The van der Waals surface area contributed by atoms with Crippen LogP contribution in [0.1, 0.15) is 44.2 Å². The van der Waals surface area contributed by atoms with E-state index in [1.54, 1.807) is 0 Å². The van der Waals surface area contributed by atoms with E-state index >= 15 is 0 Å². The minimum absolute atomic E-state index is 0.0359. The molecule has 264 valence electrons. The average molecular weight is 696 g/mol. The molecule has 0 unspecified atom stereocenters. The normalized spacial score (nSPS) is 19.1. The lowest BCUT2D eigenvalue weighted by molar-refractivity contribution is -0.144. The van der Waals surface area contributed by atoms with Crippen LogP contribution in [0.4, 0.5) is 0 Å². The molecule has 0 spiro atoms. The molecule has 9 N–H and O–H groups in total. The van der Waals surface area contributed by atoms with Gasteiger partial charge in [-0.1, -0.05) is 0 Å². The van der Waals surface area contributed by atoms with Crippen molar-refractivity contribution in [2.75, 3.05) is 31.9 Å². The highest BCUT2D eigenvalue weighted by Crippen LogP contribution is 2.19. The lowest BCUT2D eigenvalue weighted by Crippen LogP contribution is -2.56.